The number of hydrogen-bond acceptors (Lipinski definition) is 5. The molecule has 0 aliphatic rings. The van der Waals surface area contributed by atoms with Gasteiger partial charge in [0.25, 0.3) is 0 Å². The van der Waals surface area contributed by atoms with Gasteiger partial charge in [-0.3, -0.25) is 0 Å². The van der Waals surface area contributed by atoms with Gasteiger partial charge >= 0.3 is 5.63 Å². The second kappa shape index (κ2) is 8.63. The maximum atomic E-state index is 12.6. The lowest BCUT2D eigenvalue weighted by molar-refractivity contribution is 0.305. The predicted molar refractivity (Wildman–Crippen MR) is 119 cm³/mol. The Morgan fingerprint density at radius 1 is 0.900 bits per heavy atom. The molecule has 30 heavy (non-hydrogen) atoms. The molecule has 1 aromatic heterocycles. The monoisotopic (exact) mass is 466 g/mol. The zero-order valence-corrected chi connectivity index (χ0v) is 18.1. The van der Waals surface area contributed by atoms with Crippen LogP contribution in [0.5, 0.6) is 17.2 Å². The maximum Gasteiger partial charge on any atom is 0.344 e. The van der Waals surface area contributed by atoms with Gasteiger partial charge in [0.05, 0.1) is 19.8 Å². The Morgan fingerprint density at radius 3 is 2.47 bits per heavy atom. The molecule has 3 aromatic carbocycles. The molecule has 0 aliphatic heterocycles. The zero-order chi connectivity index (χ0) is 21.1. The molecule has 4 aromatic rings. The third kappa shape index (κ3) is 4.04. The molecule has 0 bridgehead atoms. The second-order valence-electron chi connectivity index (χ2n) is 6.60. The van der Waals surface area contributed by atoms with E-state index < -0.39 is 5.63 Å². The summed E-state index contributed by atoms with van der Waals surface area (Å²) in [5, 5.41) is 0.799. The molecule has 0 aliphatic carbocycles. The predicted octanol–water partition coefficient (Wildman–Crippen LogP) is 5.82. The van der Waals surface area contributed by atoms with Gasteiger partial charge in [-0.15, -0.1) is 0 Å². The molecule has 0 saturated heterocycles. The Kier molecular flexibility index (Phi) is 5.77. The first-order valence-electron chi connectivity index (χ1n) is 9.25. The van der Waals surface area contributed by atoms with E-state index in [-0.39, 0.29) is 0 Å². The maximum absolute atomic E-state index is 12.6. The summed E-state index contributed by atoms with van der Waals surface area (Å²) >= 11 is 3.51. The van der Waals surface area contributed by atoms with E-state index in [1.165, 1.54) is 0 Å². The number of benzene rings is 3. The summed E-state index contributed by atoms with van der Waals surface area (Å²) in [5.41, 5.74) is 2.21. The molecule has 0 saturated carbocycles. The van der Waals surface area contributed by atoms with Gasteiger partial charge < -0.3 is 18.6 Å². The molecule has 1 heterocycles. The molecule has 6 heteroatoms. The van der Waals surface area contributed by atoms with Crippen LogP contribution >= 0.6 is 15.9 Å². The summed E-state index contributed by atoms with van der Waals surface area (Å²) in [6.45, 7) is 0.404. The van der Waals surface area contributed by atoms with E-state index in [0.29, 0.717) is 40.6 Å². The van der Waals surface area contributed by atoms with Gasteiger partial charge in [0.1, 0.15) is 17.9 Å². The largest absolute Gasteiger partial charge is 0.493 e. The highest BCUT2D eigenvalue weighted by molar-refractivity contribution is 9.10. The van der Waals surface area contributed by atoms with Crippen molar-refractivity contribution in [3.8, 4) is 28.4 Å². The normalized spacial score (nSPS) is 10.8. The van der Waals surface area contributed by atoms with E-state index in [2.05, 4.69) is 15.9 Å². The minimum atomic E-state index is -0.433. The molecule has 0 fully saturated rings. The molecule has 0 radical (unpaired) electrons. The summed E-state index contributed by atoms with van der Waals surface area (Å²) in [7, 11) is 3.12. The molecule has 0 unspecified atom stereocenters. The molecule has 5 nitrogen and oxygen atoms in total. The lowest BCUT2D eigenvalue weighted by Crippen LogP contribution is -2.03. The fourth-order valence-electron chi connectivity index (χ4n) is 3.16. The van der Waals surface area contributed by atoms with E-state index in [9.17, 15) is 4.79 Å². The van der Waals surface area contributed by atoms with Crippen molar-refractivity contribution in [2.24, 2.45) is 0 Å². The van der Waals surface area contributed by atoms with E-state index >= 15 is 0 Å². The fourth-order valence-corrected chi connectivity index (χ4v) is 3.56. The van der Waals surface area contributed by atoms with Crippen molar-refractivity contribution in [2.75, 3.05) is 14.2 Å². The molecule has 0 atom stereocenters. The highest BCUT2D eigenvalue weighted by Crippen LogP contribution is 2.32. The van der Waals surface area contributed by atoms with Crippen molar-refractivity contribution in [3.63, 3.8) is 0 Å². The molecule has 0 spiro atoms. The minimum absolute atomic E-state index is 0.404. The average Bonchev–Trinajstić information content (AvgIpc) is 2.77. The van der Waals surface area contributed by atoms with Crippen molar-refractivity contribution in [1.82, 2.24) is 0 Å². The topological polar surface area (TPSA) is 57.9 Å². The second-order valence-corrected chi connectivity index (χ2v) is 7.45. The smallest absolute Gasteiger partial charge is 0.344 e. The van der Waals surface area contributed by atoms with Crippen LogP contribution in [-0.2, 0) is 6.61 Å². The first kappa shape index (κ1) is 20.0. The summed E-state index contributed by atoms with van der Waals surface area (Å²) in [5.74, 6) is 1.77. The summed E-state index contributed by atoms with van der Waals surface area (Å²) in [4.78, 5) is 12.6. The van der Waals surface area contributed by atoms with Gasteiger partial charge in [-0.25, -0.2) is 4.79 Å². The van der Waals surface area contributed by atoms with Gasteiger partial charge in [-0.1, -0.05) is 40.2 Å². The minimum Gasteiger partial charge on any atom is -0.493 e. The van der Waals surface area contributed by atoms with Crippen LogP contribution in [0, 0.1) is 0 Å². The van der Waals surface area contributed by atoms with Crippen molar-refractivity contribution in [2.45, 2.75) is 6.61 Å². The van der Waals surface area contributed by atoms with Crippen molar-refractivity contribution >= 4 is 26.9 Å². The van der Waals surface area contributed by atoms with Gasteiger partial charge in [0.15, 0.2) is 11.5 Å². The number of fused-ring (bicyclic) bond motifs is 1. The van der Waals surface area contributed by atoms with Gasteiger partial charge in [-0.2, -0.15) is 0 Å². The highest BCUT2D eigenvalue weighted by Gasteiger charge is 2.12. The van der Waals surface area contributed by atoms with Crippen molar-refractivity contribution < 1.29 is 18.6 Å². The molecular formula is C24H19BrO5. The molecule has 4 rings (SSSR count). The van der Waals surface area contributed by atoms with Crippen molar-refractivity contribution in [3.05, 3.63) is 87.2 Å². The van der Waals surface area contributed by atoms with E-state index in [0.717, 1.165) is 15.4 Å². The van der Waals surface area contributed by atoms with Crippen LogP contribution in [0.3, 0.4) is 0 Å². The van der Waals surface area contributed by atoms with Crippen LogP contribution in [0.1, 0.15) is 5.56 Å². The van der Waals surface area contributed by atoms with Crippen molar-refractivity contribution in [1.29, 1.82) is 0 Å². The Bertz CT molecular complexity index is 1260. The van der Waals surface area contributed by atoms with E-state index in [1.54, 1.807) is 44.6 Å². The molecule has 152 valence electrons. The van der Waals surface area contributed by atoms with Crippen LogP contribution < -0.4 is 19.8 Å². The van der Waals surface area contributed by atoms with Crippen LogP contribution in [0.4, 0.5) is 0 Å². The quantitative estimate of drug-likeness (QED) is 0.335. The number of rotatable bonds is 6. The third-order valence-electron chi connectivity index (χ3n) is 4.75. The van der Waals surface area contributed by atoms with Crippen LogP contribution in [-0.4, -0.2) is 14.2 Å². The zero-order valence-electron chi connectivity index (χ0n) is 16.5. The Labute approximate surface area is 181 Å². The van der Waals surface area contributed by atoms with Crippen LogP contribution in [0.2, 0.25) is 0 Å². The van der Waals surface area contributed by atoms with Gasteiger partial charge in [0.2, 0.25) is 0 Å². The number of hydrogen-bond donors (Lipinski definition) is 0. The fraction of sp³-hybridized carbons (Fsp3) is 0.125. The average molecular weight is 467 g/mol. The molecule has 0 amide bonds. The SMILES string of the molecule is COc1ccc(-c2cc3ccc(OCc4ccccc4Br)cc3oc2=O)cc1OC. The Morgan fingerprint density at radius 2 is 1.70 bits per heavy atom. The lowest BCUT2D eigenvalue weighted by Gasteiger charge is -2.10. The summed E-state index contributed by atoms with van der Waals surface area (Å²) in [6.07, 6.45) is 0. The first-order valence-corrected chi connectivity index (χ1v) is 10.0. The summed E-state index contributed by atoms with van der Waals surface area (Å²) in [6, 6.07) is 20.4. The standard InChI is InChI=1S/C24H19BrO5/c1-27-21-10-8-15(12-23(21)28-2)19-11-16-7-9-18(13-22(16)30-24(19)26)29-14-17-5-3-4-6-20(17)25/h3-13H,14H2,1-2H3. The third-order valence-corrected chi connectivity index (χ3v) is 5.53. The van der Waals surface area contributed by atoms with Crippen LogP contribution in [0.25, 0.3) is 22.1 Å². The number of methoxy groups -OCH3 is 2. The van der Waals surface area contributed by atoms with E-state index in [4.69, 9.17) is 18.6 Å². The first-order chi connectivity index (χ1) is 14.6. The molecular weight excluding hydrogens is 448 g/mol. The van der Waals surface area contributed by atoms with Crippen LogP contribution in [0.15, 0.2) is 80.4 Å². The summed E-state index contributed by atoms with van der Waals surface area (Å²) < 4.78 is 23.0. The lowest BCUT2D eigenvalue weighted by atomic mass is 10.1. The van der Waals surface area contributed by atoms with Gasteiger partial charge in [-0.05, 0) is 42.0 Å². The van der Waals surface area contributed by atoms with Gasteiger partial charge in [0, 0.05) is 21.5 Å². The number of ether oxygens (including phenoxy) is 3. The number of halogens is 1. The highest BCUT2D eigenvalue weighted by atomic mass is 79.9. The Hall–Kier alpha value is -3.25. The van der Waals surface area contributed by atoms with E-state index in [1.807, 2.05) is 36.4 Å². The molecule has 0 N–H and O–H groups in total. The Balaban J connectivity index is 1.64.